The van der Waals surface area contributed by atoms with Gasteiger partial charge in [0, 0.05) is 0 Å². The average molecular weight is 106 g/mol. The Kier molecular flexibility index (Phi) is 0.443. The Bertz CT molecular complexity index is 115. The predicted molar refractivity (Wildman–Crippen MR) is 35.5 cm³/mol. The third-order valence-corrected chi connectivity index (χ3v) is 3.89. The first kappa shape index (κ1) is 3.97. The molecule has 3 rings (SSSR count). The van der Waals surface area contributed by atoms with Crippen LogP contribution in [0.2, 0.25) is 5.82 Å². The van der Waals surface area contributed by atoms with Crippen LogP contribution >= 0.6 is 0 Å². The van der Waals surface area contributed by atoms with Crippen LogP contribution in [0.5, 0.6) is 0 Å². The fourth-order valence-corrected chi connectivity index (χ4v) is 3.24. The Balaban J connectivity index is 1.91. The zero-order valence-electron chi connectivity index (χ0n) is 5.30. The molecule has 0 aromatic rings. The Morgan fingerprint density at radius 3 is 1.75 bits per heavy atom. The van der Waals surface area contributed by atoms with E-state index >= 15 is 0 Å². The summed E-state index contributed by atoms with van der Waals surface area (Å²) in [6.45, 7) is 0. The lowest BCUT2D eigenvalue weighted by molar-refractivity contribution is 0.0372. The maximum absolute atomic E-state index is 2.44. The molecule has 8 heavy (non-hydrogen) atoms. The first-order valence-corrected chi connectivity index (χ1v) is 3.89. The monoisotopic (exact) mass is 106 g/mol. The van der Waals surface area contributed by atoms with Crippen molar-refractivity contribution in [2.45, 2.75) is 18.7 Å². The minimum atomic E-state index is 1.15. The summed E-state index contributed by atoms with van der Waals surface area (Å²) >= 11 is 0. The lowest BCUT2D eigenvalue weighted by atomic mass is 9.60. The second-order valence-corrected chi connectivity index (χ2v) is 3.92. The first-order valence-electron chi connectivity index (χ1n) is 3.89. The molecule has 42 valence electrons. The van der Waals surface area contributed by atoms with Crippen molar-refractivity contribution in [3.05, 3.63) is 0 Å². The molecule has 3 aliphatic rings. The fourth-order valence-electron chi connectivity index (χ4n) is 3.24. The van der Waals surface area contributed by atoms with Gasteiger partial charge in [-0.2, -0.15) is 0 Å². The highest BCUT2D eigenvalue weighted by atomic mass is 14.7. The third-order valence-electron chi connectivity index (χ3n) is 3.89. The molecule has 1 heteroatoms. The van der Waals surface area contributed by atoms with Crippen molar-refractivity contribution in [2.75, 3.05) is 0 Å². The highest BCUT2D eigenvalue weighted by Gasteiger charge is 2.69. The number of hydrogen-bond acceptors (Lipinski definition) is 0. The third kappa shape index (κ3) is 0.212. The molecule has 0 nitrogen and oxygen atoms in total. The molecule has 3 fully saturated rings. The molecular formula is C7H11B. The summed E-state index contributed by atoms with van der Waals surface area (Å²) < 4.78 is 0. The van der Waals surface area contributed by atoms with E-state index in [0.29, 0.717) is 0 Å². The Morgan fingerprint density at radius 2 is 1.50 bits per heavy atom. The van der Waals surface area contributed by atoms with Gasteiger partial charge in [-0.3, -0.25) is 0 Å². The van der Waals surface area contributed by atoms with Gasteiger partial charge in [-0.25, -0.2) is 0 Å². The molecular weight excluding hydrogens is 94.9 g/mol. The van der Waals surface area contributed by atoms with Crippen LogP contribution in [-0.2, 0) is 0 Å². The van der Waals surface area contributed by atoms with Gasteiger partial charge in [0.2, 0.25) is 0 Å². The lowest BCUT2D eigenvalue weighted by Crippen LogP contribution is -2.38. The predicted octanol–water partition coefficient (Wildman–Crippen LogP) is 0.694. The Labute approximate surface area is 51.1 Å². The second kappa shape index (κ2) is 0.892. The average Bonchev–Trinajstić information content (AvgIpc) is 2.17. The van der Waals surface area contributed by atoms with Crippen LogP contribution in [0.1, 0.15) is 12.8 Å². The van der Waals surface area contributed by atoms with Crippen LogP contribution in [-0.4, -0.2) is 7.85 Å². The van der Waals surface area contributed by atoms with Gasteiger partial charge < -0.3 is 0 Å². The van der Waals surface area contributed by atoms with E-state index in [0.717, 1.165) is 5.82 Å². The highest BCUT2D eigenvalue weighted by molar-refractivity contribution is 6.14. The number of fused-ring (bicyclic) bond motifs is 4. The van der Waals surface area contributed by atoms with Gasteiger partial charge in [-0.15, -0.1) is 0 Å². The van der Waals surface area contributed by atoms with Crippen molar-refractivity contribution in [3.63, 3.8) is 0 Å². The van der Waals surface area contributed by atoms with E-state index in [2.05, 4.69) is 7.85 Å². The Hall–Kier alpha value is 0.0649. The summed E-state index contributed by atoms with van der Waals surface area (Å²) in [5, 5.41) is 0. The largest absolute Gasteiger partial charge is 0.106 e. The van der Waals surface area contributed by atoms with Crippen LogP contribution in [0, 0.1) is 23.7 Å². The summed E-state index contributed by atoms with van der Waals surface area (Å²) in [6.07, 6.45) is 3.16. The standard InChI is InChI=1S/C7H11B/c8-7-5-3-1-2-4(3)6(5)7/h3-7H,1-2,8H2. The molecule has 0 heterocycles. The van der Waals surface area contributed by atoms with E-state index in [9.17, 15) is 0 Å². The lowest BCUT2D eigenvalue weighted by Gasteiger charge is -2.45. The Morgan fingerprint density at radius 1 is 1.00 bits per heavy atom. The molecule has 0 aliphatic heterocycles. The SMILES string of the molecule is BC1C2C3CCC3C12. The topological polar surface area (TPSA) is 0 Å². The van der Waals surface area contributed by atoms with Crippen LogP contribution in [0.4, 0.5) is 0 Å². The van der Waals surface area contributed by atoms with Crippen molar-refractivity contribution in [3.8, 4) is 0 Å². The number of hydrogen-bond donors (Lipinski definition) is 0. The zero-order chi connectivity index (χ0) is 5.30. The van der Waals surface area contributed by atoms with Gasteiger partial charge in [-0.1, -0.05) is 5.82 Å². The van der Waals surface area contributed by atoms with Crippen molar-refractivity contribution in [1.29, 1.82) is 0 Å². The maximum atomic E-state index is 2.44. The fraction of sp³-hybridized carbons (Fsp3) is 1.00. The summed E-state index contributed by atoms with van der Waals surface area (Å²) in [5.41, 5.74) is 0. The van der Waals surface area contributed by atoms with Gasteiger partial charge in [0.05, 0.1) is 0 Å². The highest BCUT2D eigenvalue weighted by Crippen LogP contribution is 2.77. The van der Waals surface area contributed by atoms with E-state index in [-0.39, 0.29) is 0 Å². The van der Waals surface area contributed by atoms with E-state index in [1.807, 2.05) is 0 Å². The van der Waals surface area contributed by atoms with E-state index in [1.165, 1.54) is 23.7 Å². The quantitative estimate of drug-likeness (QED) is 0.398. The van der Waals surface area contributed by atoms with E-state index in [4.69, 9.17) is 0 Å². The van der Waals surface area contributed by atoms with Crippen molar-refractivity contribution in [1.82, 2.24) is 0 Å². The minimum absolute atomic E-state index is 1.15. The minimum Gasteiger partial charge on any atom is -0.0631 e. The molecule has 0 saturated heterocycles. The summed E-state index contributed by atoms with van der Waals surface area (Å²) in [5.74, 6) is 6.07. The van der Waals surface area contributed by atoms with Gasteiger partial charge in [0.1, 0.15) is 7.85 Å². The summed E-state index contributed by atoms with van der Waals surface area (Å²) in [4.78, 5) is 0. The van der Waals surface area contributed by atoms with Gasteiger partial charge in [0.25, 0.3) is 0 Å². The van der Waals surface area contributed by atoms with Gasteiger partial charge >= 0.3 is 0 Å². The smallest absolute Gasteiger partial charge is 0.0631 e. The maximum Gasteiger partial charge on any atom is 0.106 e. The van der Waals surface area contributed by atoms with Crippen molar-refractivity contribution >= 4 is 7.85 Å². The molecule has 4 atom stereocenters. The van der Waals surface area contributed by atoms with E-state index < -0.39 is 0 Å². The summed E-state index contributed by atoms with van der Waals surface area (Å²) in [7, 11) is 2.44. The normalized spacial score (nSPS) is 73.8. The molecule has 0 bridgehead atoms. The van der Waals surface area contributed by atoms with Crippen molar-refractivity contribution in [2.24, 2.45) is 23.7 Å². The zero-order valence-corrected chi connectivity index (χ0v) is 5.30. The number of rotatable bonds is 0. The van der Waals surface area contributed by atoms with Crippen LogP contribution < -0.4 is 0 Å². The summed E-state index contributed by atoms with van der Waals surface area (Å²) in [6, 6.07) is 0. The van der Waals surface area contributed by atoms with Crippen LogP contribution in [0.3, 0.4) is 0 Å². The molecule has 0 amide bonds. The molecule has 0 aromatic heterocycles. The molecule has 0 aromatic carbocycles. The first-order chi connectivity index (χ1) is 3.89. The molecule has 0 spiro atoms. The van der Waals surface area contributed by atoms with Crippen LogP contribution in [0.25, 0.3) is 0 Å². The van der Waals surface area contributed by atoms with Crippen molar-refractivity contribution < 1.29 is 0 Å². The second-order valence-electron chi connectivity index (χ2n) is 3.92. The van der Waals surface area contributed by atoms with E-state index in [1.54, 1.807) is 12.8 Å². The van der Waals surface area contributed by atoms with Crippen LogP contribution in [0.15, 0.2) is 0 Å². The molecule has 0 radical (unpaired) electrons. The van der Waals surface area contributed by atoms with Gasteiger partial charge in [0.15, 0.2) is 0 Å². The molecule has 3 saturated carbocycles. The molecule has 0 N–H and O–H groups in total. The molecule has 4 unspecified atom stereocenters. The van der Waals surface area contributed by atoms with Gasteiger partial charge in [-0.05, 0) is 36.5 Å². The molecule has 3 aliphatic carbocycles.